The van der Waals surface area contributed by atoms with E-state index in [-0.39, 0.29) is 12.3 Å². The molecule has 1 aliphatic heterocycles. The van der Waals surface area contributed by atoms with Crippen LogP contribution in [0.3, 0.4) is 0 Å². The normalized spacial score (nSPS) is 14.6. The van der Waals surface area contributed by atoms with Crippen molar-refractivity contribution in [3.05, 3.63) is 52.5 Å². The Morgan fingerprint density at radius 3 is 2.61 bits per heavy atom. The number of morpholine rings is 1. The highest BCUT2D eigenvalue weighted by Gasteiger charge is 2.32. The summed E-state index contributed by atoms with van der Waals surface area (Å²) in [6, 6.07) is 10.3. The topological polar surface area (TPSA) is 50.8 Å². The summed E-state index contributed by atoms with van der Waals surface area (Å²) in [6.45, 7) is 1.68. The van der Waals surface area contributed by atoms with E-state index < -0.39 is 17.6 Å². The van der Waals surface area contributed by atoms with Gasteiger partial charge in [0, 0.05) is 17.6 Å². The molecule has 0 unspecified atom stereocenters. The summed E-state index contributed by atoms with van der Waals surface area (Å²) in [5.74, 6) is -0.0734. The second-order valence-corrected chi connectivity index (χ2v) is 7.04. The van der Waals surface area contributed by atoms with E-state index in [4.69, 9.17) is 9.47 Å². The van der Waals surface area contributed by atoms with Crippen LogP contribution in [0, 0.1) is 0 Å². The number of ether oxygens (including phenoxy) is 2. The third-order valence-corrected chi connectivity index (χ3v) is 4.61. The number of carbonyl (C=O) groups is 1. The Hall–Kier alpha value is -2.26. The van der Waals surface area contributed by atoms with Gasteiger partial charge in [0.2, 0.25) is 0 Å². The molecular weight excluding hydrogens is 441 g/mol. The zero-order valence-corrected chi connectivity index (χ0v) is 16.3. The average molecular weight is 459 g/mol. The van der Waals surface area contributed by atoms with E-state index in [1.807, 2.05) is 11.0 Å². The van der Waals surface area contributed by atoms with Gasteiger partial charge in [-0.25, -0.2) is 0 Å². The molecule has 3 rings (SSSR count). The molecule has 2 aromatic carbocycles. The van der Waals surface area contributed by atoms with E-state index in [0.29, 0.717) is 37.7 Å². The van der Waals surface area contributed by atoms with Gasteiger partial charge < -0.3 is 19.7 Å². The summed E-state index contributed by atoms with van der Waals surface area (Å²) in [5.41, 5.74) is -0.209. The van der Waals surface area contributed by atoms with Crippen molar-refractivity contribution in [2.24, 2.45) is 0 Å². The molecule has 1 fully saturated rings. The quantitative estimate of drug-likeness (QED) is 0.724. The van der Waals surface area contributed by atoms with Gasteiger partial charge in [0.05, 0.1) is 30.2 Å². The van der Waals surface area contributed by atoms with Crippen molar-refractivity contribution in [1.29, 1.82) is 0 Å². The first-order valence-corrected chi connectivity index (χ1v) is 9.34. The molecule has 0 spiro atoms. The molecule has 0 aliphatic carbocycles. The Labute approximate surface area is 168 Å². The summed E-state index contributed by atoms with van der Waals surface area (Å²) in [5, 5.41) is 2.55. The Morgan fingerprint density at radius 2 is 1.93 bits per heavy atom. The Morgan fingerprint density at radius 1 is 1.18 bits per heavy atom. The lowest BCUT2D eigenvalue weighted by Crippen LogP contribution is -2.37. The molecule has 1 saturated heterocycles. The molecule has 150 valence electrons. The van der Waals surface area contributed by atoms with Gasteiger partial charge in [-0.2, -0.15) is 13.2 Å². The zero-order valence-electron chi connectivity index (χ0n) is 14.8. The summed E-state index contributed by atoms with van der Waals surface area (Å²) < 4.78 is 50.8. The van der Waals surface area contributed by atoms with Gasteiger partial charge in [0.25, 0.3) is 5.91 Å². The lowest BCUT2D eigenvalue weighted by atomic mass is 10.1. The molecule has 1 aliphatic rings. The molecule has 1 heterocycles. The highest BCUT2D eigenvalue weighted by molar-refractivity contribution is 9.10. The van der Waals surface area contributed by atoms with E-state index in [2.05, 4.69) is 21.2 Å². The highest BCUT2D eigenvalue weighted by atomic mass is 79.9. The maximum atomic E-state index is 13.1. The maximum Gasteiger partial charge on any atom is 0.416 e. The average Bonchev–Trinajstić information content (AvgIpc) is 2.66. The monoisotopic (exact) mass is 458 g/mol. The van der Waals surface area contributed by atoms with Gasteiger partial charge in [0.1, 0.15) is 5.75 Å². The van der Waals surface area contributed by atoms with Crippen LogP contribution in [-0.2, 0) is 15.7 Å². The SMILES string of the molecule is O=C(COc1cccc(Br)c1)Nc1cc(C(F)(F)F)ccc1N1CCOCC1. The van der Waals surface area contributed by atoms with Crippen molar-refractivity contribution in [3.8, 4) is 5.75 Å². The van der Waals surface area contributed by atoms with Crippen molar-refractivity contribution in [3.63, 3.8) is 0 Å². The Kier molecular flexibility index (Phi) is 6.46. The van der Waals surface area contributed by atoms with Gasteiger partial charge >= 0.3 is 6.18 Å². The third-order valence-electron chi connectivity index (χ3n) is 4.12. The van der Waals surface area contributed by atoms with Crippen molar-refractivity contribution >= 4 is 33.2 Å². The highest BCUT2D eigenvalue weighted by Crippen LogP contribution is 2.35. The lowest BCUT2D eigenvalue weighted by Gasteiger charge is -2.31. The van der Waals surface area contributed by atoms with Gasteiger partial charge in [-0.3, -0.25) is 4.79 Å². The number of hydrogen-bond acceptors (Lipinski definition) is 4. The number of hydrogen-bond donors (Lipinski definition) is 1. The third kappa shape index (κ3) is 5.39. The smallest absolute Gasteiger partial charge is 0.416 e. The number of halogens is 4. The molecule has 1 N–H and O–H groups in total. The van der Waals surface area contributed by atoms with Crippen molar-refractivity contribution < 1.29 is 27.4 Å². The summed E-state index contributed by atoms with van der Waals surface area (Å²) in [4.78, 5) is 14.2. The number of rotatable bonds is 5. The van der Waals surface area contributed by atoms with Gasteiger partial charge in [-0.1, -0.05) is 22.0 Å². The van der Waals surface area contributed by atoms with Crippen LogP contribution in [0.1, 0.15) is 5.56 Å². The number of carbonyl (C=O) groups excluding carboxylic acids is 1. The molecule has 0 atom stereocenters. The van der Waals surface area contributed by atoms with E-state index in [1.54, 1.807) is 18.2 Å². The fraction of sp³-hybridized carbons (Fsp3) is 0.316. The van der Waals surface area contributed by atoms with Crippen LogP contribution in [0.25, 0.3) is 0 Å². The lowest BCUT2D eigenvalue weighted by molar-refractivity contribution is -0.137. The number of amides is 1. The molecule has 1 amide bonds. The van der Waals surface area contributed by atoms with E-state index in [0.717, 1.165) is 16.6 Å². The maximum absolute atomic E-state index is 13.1. The van der Waals surface area contributed by atoms with Crippen LogP contribution in [0.15, 0.2) is 46.9 Å². The van der Waals surface area contributed by atoms with Crippen LogP contribution in [0.2, 0.25) is 0 Å². The zero-order chi connectivity index (χ0) is 20.1. The number of nitrogens with one attached hydrogen (secondary N) is 1. The molecule has 0 saturated carbocycles. The molecule has 9 heteroatoms. The first-order chi connectivity index (χ1) is 13.3. The first kappa shape index (κ1) is 20.5. The fourth-order valence-corrected chi connectivity index (χ4v) is 3.16. The van der Waals surface area contributed by atoms with Crippen LogP contribution >= 0.6 is 15.9 Å². The molecular formula is C19H18BrF3N2O3. The van der Waals surface area contributed by atoms with E-state index >= 15 is 0 Å². The first-order valence-electron chi connectivity index (χ1n) is 8.55. The van der Waals surface area contributed by atoms with Crippen LogP contribution in [0.5, 0.6) is 5.75 Å². The van der Waals surface area contributed by atoms with Crippen LogP contribution in [0.4, 0.5) is 24.5 Å². The molecule has 0 aromatic heterocycles. The van der Waals surface area contributed by atoms with Crippen molar-refractivity contribution in [2.75, 3.05) is 43.1 Å². The standard InChI is InChI=1S/C19H18BrF3N2O3/c20-14-2-1-3-15(11-14)28-12-18(26)24-16-10-13(19(21,22)23)4-5-17(16)25-6-8-27-9-7-25/h1-5,10-11H,6-9,12H2,(H,24,26). The largest absolute Gasteiger partial charge is 0.484 e. The minimum absolute atomic E-state index is 0.0968. The van der Waals surface area contributed by atoms with Gasteiger partial charge in [-0.15, -0.1) is 0 Å². The molecule has 2 aromatic rings. The minimum Gasteiger partial charge on any atom is -0.484 e. The molecule has 0 radical (unpaired) electrons. The molecule has 5 nitrogen and oxygen atoms in total. The summed E-state index contributed by atoms with van der Waals surface area (Å²) in [6.07, 6.45) is -4.50. The Balaban J connectivity index is 1.76. The van der Waals surface area contributed by atoms with Gasteiger partial charge in [-0.05, 0) is 36.4 Å². The minimum atomic E-state index is -4.50. The Bertz CT molecular complexity index is 839. The van der Waals surface area contributed by atoms with Crippen molar-refractivity contribution in [2.45, 2.75) is 6.18 Å². The summed E-state index contributed by atoms with van der Waals surface area (Å²) >= 11 is 3.30. The number of anilines is 2. The second-order valence-electron chi connectivity index (χ2n) is 6.12. The molecule has 28 heavy (non-hydrogen) atoms. The van der Waals surface area contributed by atoms with Crippen LogP contribution in [-0.4, -0.2) is 38.8 Å². The van der Waals surface area contributed by atoms with Crippen LogP contribution < -0.4 is 15.0 Å². The van der Waals surface area contributed by atoms with E-state index in [1.165, 1.54) is 6.07 Å². The number of nitrogens with zero attached hydrogens (tertiary/aromatic N) is 1. The fourth-order valence-electron chi connectivity index (χ4n) is 2.78. The predicted molar refractivity (Wildman–Crippen MR) is 103 cm³/mol. The predicted octanol–water partition coefficient (Wildman–Crippen LogP) is 4.32. The summed E-state index contributed by atoms with van der Waals surface area (Å²) in [7, 11) is 0. The van der Waals surface area contributed by atoms with E-state index in [9.17, 15) is 18.0 Å². The number of benzene rings is 2. The molecule has 0 bridgehead atoms. The number of alkyl halides is 3. The van der Waals surface area contributed by atoms with Gasteiger partial charge in [0.15, 0.2) is 6.61 Å². The van der Waals surface area contributed by atoms with Crippen molar-refractivity contribution in [1.82, 2.24) is 0 Å². The second kappa shape index (κ2) is 8.83.